The molecule has 0 aromatic rings. The maximum absolute atomic E-state index is 5.47. The Morgan fingerprint density at radius 2 is 2.50 bits per heavy atom. The lowest BCUT2D eigenvalue weighted by atomic mass is 10.1. The van der Waals surface area contributed by atoms with Crippen molar-refractivity contribution < 1.29 is 0 Å². The maximum Gasteiger partial charge on any atom is 0.00191 e. The summed E-state index contributed by atoms with van der Waals surface area (Å²) in [5.74, 6) is 0.778. The largest absolute Gasteiger partial charge is 0.330 e. The Morgan fingerprint density at radius 3 is 2.75 bits per heavy atom. The molecule has 1 rings (SSSR count). The molecule has 1 unspecified atom stereocenters. The molecule has 48 valence electrons. The van der Waals surface area contributed by atoms with Gasteiger partial charge >= 0.3 is 0 Å². The first kappa shape index (κ1) is 6.05. The fourth-order valence-electron chi connectivity index (χ4n) is 1.22. The van der Waals surface area contributed by atoms with Gasteiger partial charge in [-0.05, 0) is 32.5 Å². The van der Waals surface area contributed by atoms with Gasteiger partial charge in [-0.3, -0.25) is 0 Å². The highest BCUT2D eigenvalue weighted by atomic mass is 15.1. The lowest BCUT2D eigenvalue weighted by Crippen LogP contribution is -2.18. The fraction of sp³-hybridized carbons (Fsp3) is 1.00. The predicted molar refractivity (Wildman–Crippen MR) is 34.7 cm³/mol. The van der Waals surface area contributed by atoms with E-state index in [1.165, 1.54) is 19.5 Å². The van der Waals surface area contributed by atoms with Crippen molar-refractivity contribution in [3.8, 4) is 0 Å². The van der Waals surface area contributed by atoms with Crippen LogP contribution in [0.2, 0.25) is 0 Å². The Labute approximate surface area is 50.7 Å². The SMILES string of the molecule is CN1CCC(CN)C1. The summed E-state index contributed by atoms with van der Waals surface area (Å²) in [6.45, 7) is 3.31. The van der Waals surface area contributed by atoms with E-state index in [9.17, 15) is 0 Å². The lowest BCUT2D eigenvalue weighted by Gasteiger charge is -2.05. The molecule has 0 spiro atoms. The van der Waals surface area contributed by atoms with E-state index in [0.717, 1.165) is 12.5 Å². The molecule has 1 saturated heterocycles. The second-order valence-electron chi connectivity index (χ2n) is 2.65. The first-order valence-corrected chi connectivity index (χ1v) is 3.21. The van der Waals surface area contributed by atoms with Crippen LogP contribution in [0.1, 0.15) is 6.42 Å². The van der Waals surface area contributed by atoms with Gasteiger partial charge in [0.25, 0.3) is 0 Å². The third-order valence-electron chi connectivity index (χ3n) is 1.82. The Bertz CT molecular complexity index is 72.9. The zero-order valence-electron chi connectivity index (χ0n) is 5.43. The predicted octanol–water partition coefficient (Wildman–Crippen LogP) is -0.103. The first-order valence-electron chi connectivity index (χ1n) is 3.21. The third-order valence-corrected chi connectivity index (χ3v) is 1.82. The van der Waals surface area contributed by atoms with Gasteiger partial charge in [0.05, 0.1) is 0 Å². The quantitative estimate of drug-likeness (QED) is 0.515. The summed E-state index contributed by atoms with van der Waals surface area (Å²) in [4.78, 5) is 2.33. The third kappa shape index (κ3) is 1.20. The second kappa shape index (κ2) is 2.46. The summed E-state index contributed by atoms with van der Waals surface area (Å²) in [5.41, 5.74) is 5.47. The highest BCUT2D eigenvalue weighted by Gasteiger charge is 2.16. The molecule has 0 aromatic carbocycles. The van der Waals surface area contributed by atoms with Crippen molar-refractivity contribution in [3.05, 3.63) is 0 Å². The van der Waals surface area contributed by atoms with Crippen molar-refractivity contribution in [3.63, 3.8) is 0 Å². The van der Waals surface area contributed by atoms with Crippen molar-refractivity contribution >= 4 is 0 Å². The Kier molecular flexibility index (Phi) is 1.86. The van der Waals surface area contributed by atoms with E-state index >= 15 is 0 Å². The van der Waals surface area contributed by atoms with Crippen LogP contribution >= 0.6 is 0 Å². The van der Waals surface area contributed by atoms with E-state index < -0.39 is 0 Å². The van der Waals surface area contributed by atoms with Gasteiger partial charge in [-0.1, -0.05) is 0 Å². The van der Waals surface area contributed by atoms with Crippen molar-refractivity contribution in [1.29, 1.82) is 0 Å². The lowest BCUT2D eigenvalue weighted by molar-refractivity contribution is 0.397. The summed E-state index contributed by atoms with van der Waals surface area (Å²) in [7, 11) is 2.15. The van der Waals surface area contributed by atoms with Gasteiger partial charge in [0.1, 0.15) is 0 Å². The van der Waals surface area contributed by atoms with Crippen LogP contribution in [-0.2, 0) is 0 Å². The minimum atomic E-state index is 0.778. The average Bonchev–Trinajstić information content (AvgIpc) is 2.14. The molecule has 1 fully saturated rings. The van der Waals surface area contributed by atoms with Crippen LogP contribution in [-0.4, -0.2) is 31.6 Å². The van der Waals surface area contributed by atoms with Crippen LogP contribution < -0.4 is 5.73 Å². The fourth-order valence-corrected chi connectivity index (χ4v) is 1.22. The number of hydrogen-bond donors (Lipinski definition) is 1. The minimum Gasteiger partial charge on any atom is -0.330 e. The van der Waals surface area contributed by atoms with Gasteiger partial charge in [-0.25, -0.2) is 0 Å². The van der Waals surface area contributed by atoms with Gasteiger partial charge in [0.15, 0.2) is 0 Å². The summed E-state index contributed by atoms with van der Waals surface area (Å²) in [6.07, 6.45) is 1.30. The number of rotatable bonds is 1. The van der Waals surface area contributed by atoms with Gasteiger partial charge in [-0.2, -0.15) is 0 Å². The molecule has 1 heterocycles. The van der Waals surface area contributed by atoms with Gasteiger partial charge in [0.2, 0.25) is 0 Å². The monoisotopic (exact) mass is 114 g/mol. The number of likely N-dealkylation sites (tertiary alicyclic amines) is 1. The summed E-state index contributed by atoms with van der Waals surface area (Å²) < 4.78 is 0. The highest BCUT2D eigenvalue weighted by molar-refractivity contribution is 4.72. The van der Waals surface area contributed by atoms with Crippen LogP contribution in [0.4, 0.5) is 0 Å². The van der Waals surface area contributed by atoms with Crippen LogP contribution in [0.5, 0.6) is 0 Å². The molecule has 1 atom stereocenters. The summed E-state index contributed by atoms with van der Waals surface area (Å²) >= 11 is 0. The molecular formula is C6H14N2. The van der Waals surface area contributed by atoms with Gasteiger partial charge in [0, 0.05) is 6.54 Å². The molecule has 2 nitrogen and oxygen atoms in total. The van der Waals surface area contributed by atoms with E-state index in [2.05, 4.69) is 11.9 Å². The highest BCUT2D eigenvalue weighted by Crippen LogP contribution is 2.11. The molecule has 2 N–H and O–H groups in total. The van der Waals surface area contributed by atoms with Crippen LogP contribution in [0.15, 0.2) is 0 Å². The molecule has 0 bridgehead atoms. The number of nitrogens with zero attached hydrogens (tertiary/aromatic N) is 1. The molecule has 0 aliphatic carbocycles. The zero-order chi connectivity index (χ0) is 5.98. The van der Waals surface area contributed by atoms with Crippen LogP contribution in [0.25, 0.3) is 0 Å². The maximum atomic E-state index is 5.47. The van der Waals surface area contributed by atoms with E-state index in [4.69, 9.17) is 5.73 Å². The topological polar surface area (TPSA) is 29.3 Å². The smallest absolute Gasteiger partial charge is 0.00191 e. The normalized spacial score (nSPS) is 31.5. The molecule has 0 saturated carbocycles. The van der Waals surface area contributed by atoms with Crippen LogP contribution in [0.3, 0.4) is 0 Å². The molecule has 2 heteroatoms. The van der Waals surface area contributed by atoms with E-state index in [0.29, 0.717) is 0 Å². The minimum absolute atomic E-state index is 0.778. The van der Waals surface area contributed by atoms with Crippen molar-refractivity contribution in [1.82, 2.24) is 4.90 Å². The standard InChI is InChI=1S/C6H14N2/c1-8-3-2-6(4-7)5-8/h6H,2-5,7H2,1H3. The molecule has 1 aliphatic rings. The molecular weight excluding hydrogens is 100 g/mol. The molecule has 0 radical (unpaired) electrons. The van der Waals surface area contributed by atoms with E-state index in [1.807, 2.05) is 0 Å². The summed E-state index contributed by atoms with van der Waals surface area (Å²) in [6, 6.07) is 0. The van der Waals surface area contributed by atoms with Crippen molar-refractivity contribution in [2.45, 2.75) is 6.42 Å². The summed E-state index contributed by atoms with van der Waals surface area (Å²) in [5, 5.41) is 0. The Balaban J connectivity index is 2.22. The number of hydrogen-bond acceptors (Lipinski definition) is 2. The van der Waals surface area contributed by atoms with Crippen molar-refractivity contribution in [2.24, 2.45) is 11.7 Å². The van der Waals surface area contributed by atoms with E-state index in [1.54, 1.807) is 0 Å². The van der Waals surface area contributed by atoms with Crippen LogP contribution in [0, 0.1) is 5.92 Å². The molecule has 8 heavy (non-hydrogen) atoms. The van der Waals surface area contributed by atoms with Gasteiger partial charge in [-0.15, -0.1) is 0 Å². The molecule has 1 aliphatic heterocycles. The van der Waals surface area contributed by atoms with E-state index in [-0.39, 0.29) is 0 Å². The van der Waals surface area contributed by atoms with Gasteiger partial charge < -0.3 is 10.6 Å². The second-order valence-corrected chi connectivity index (χ2v) is 2.65. The zero-order valence-corrected chi connectivity index (χ0v) is 5.43. The first-order chi connectivity index (χ1) is 3.83. The molecule has 0 aromatic heterocycles. The molecule has 0 amide bonds. The Morgan fingerprint density at radius 1 is 1.75 bits per heavy atom. The Hall–Kier alpha value is -0.0800. The van der Waals surface area contributed by atoms with Crippen molar-refractivity contribution in [2.75, 3.05) is 26.7 Å². The number of nitrogens with two attached hydrogens (primary N) is 1. The average molecular weight is 114 g/mol.